The highest BCUT2D eigenvalue weighted by Crippen LogP contribution is 2.21. The van der Waals surface area contributed by atoms with Crippen LogP contribution in [0.2, 0.25) is 0 Å². The summed E-state index contributed by atoms with van der Waals surface area (Å²) in [7, 11) is 0. The predicted molar refractivity (Wildman–Crippen MR) is 110 cm³/mol. The molecule has 1 N–H and O–H groups in total. The van der Waals surface area contributed by atoms with Crippen molar-refractivity contribution in [1.29, 1.82) is 0 Å². The van der Waals surface area contributed by atoms with Crippen LogP contribution in [0.3, 0.4) is 0 Å². The number of hydrogen-bond donors (Lipinski definition) is 1. The van der Waals surface area contributed by atoms with Crippen molar-refractivity contribution in [1.82, 2.24) is 5.32 Å². The van der Waals surface area contributed by atoms with Gasteiger partial charge in [-0.15, -0.1) is 0 Å². The summed E-state index contributed by atoms with van der Waals surface area (Å²) < 4.78 is 11.6. The van der Waals surface area contributed by atoms with Crippen molar-refractivity contribution in [2.75, 3.05) is 13.2 Å². The maximum atomic E-state index is 12.5. The van der Waals surface area contributed by atoms with Crippen molar-refractivity contribution < 1.29 is 14.3 Å². The number of ether oxygens (including phenoxy) is 2. The van der Waals surface area contributed by atoms with Crippen molar-refractivity contribution in [3.8, 4) is 11.5 Å². The van der Waals surface area contributed by atoms with Gasteiger partial charge in [0.1, 0.15) is 11.5 Å². The largest absolute Gasteiger partial charge is 0.494 e. The Morgan fingerprint density at radius 3 is 2.56 bits per heavy atom. The lowest BCUT2D eigenvalue weighted by molar-refractivity contribution is -0.128. The molecule has 0 saturated heterocycles. The van der Waals surface area contributed by atoms with Crippen molar-refractivity contribution in [3.05, 3.63) is 59.2 Å². The van der Waals surface area contributed by atoms with E-state index < -0.39 is 6.10 Å². The molecule has 1 amide bonds. The maximum Gasteiger partial charge on any atom is 0.261 e. The standard InChI is InChI=1S/C23H31NO3/c1-5-20(27-21-14-13-17(3)16-18(21)4)23(25)24-15-9-11-19-10-7-8-12-22(19)26-6-2/h7-8,10,12-14,16,20H,5-6,9,11,15H2,1-4H3,(H,24,25). The van der Waals surface area contributed by atoms with E-state index in [2.05, 4.69) is 17.4 Å². The number of aryl methyl sites for hydroxylation is 3. The third-order valence-corrected chi connectivity index (χ3v) is 4.46. The van der Waals surface area contributed by atoms with E-state index in [1.165, 1.54) is 11.1 Å². The van der Waals surface area contributed by atoms with Crippen molar-refractivity contribution in [2.45, 2.75) is 53.1 Å². The Kier molecular flexibility index (Phi) is 8.18. The van der Waals surface area contributed by atoms with E-state index in [4.69, 9.17) is 9.47 Å². The van der Waals surface area contributed by atoms with Crippen LogP contribution in [0, 0.1) is 13.8 Å². The highest BCUT2D eigenvalue weighted by molar-refractivity contribution is 5.81. The van der Waals surface area contributed by atoms with Crippen LogP contribution in [0.15, 0.2) is 42.5 Å². The first-order valence-electron chi connectivity index (χ1n) is 9.77. The fourth-order valence-corrected chi connectivity index (χ4v) is 3.02. The molecule has 1 unspecified atom stereocenters. The molecular formula is C23H31NO3. The van der Waals surface area contributed by atoms with Crippen LogP contribution in [0.5, 0.6) is 11.5 Å². The number of carbonyl (C=O) groups excluding carboxylic acids is 1. The van der Waals surface area contributed by atoms with E-state index in [-0.39, 0.29) is 5.91 Å². The number of nitrogens with one attached hydrogen (secondary N) is 1. The molecule has 0 aliphatic carbocycles. The molecule has 4 heteroatoms. The van der Waals surface area contributed by atoms with Gasteiger partial charge in [0.05, 0.1) is 6.61 Å². The van der Waals surface area contributed by atoms with Crippen molar-refractivity contribution in [3.63, 3.8) is 0 Å². The summed E-state index contributed by atoms with van der Waals surface area (Å²) in [6, 6.07) is 14.1. The van der Waals surface area contributed by atoms with Gasteiger partial charge in [-0.05, 0) is 63.3 Å². The predicted octanol–water partition coefficient (Wildman–Crippen LogP) is 4.61. The topological polar surface area (TPSA) is 47.6 Å². The summed E-state index contributed by atoms with van der Waals surface area (Å²) in [6.45, 7) is 9.27. The van der Waals surface area contributed by atoms with Gasteiger partial charge < -0.3 is 14.8 Å². The van der Waals surface area contributed by atoms with Gasteiger partial charge in [-0.25, -0.2) is 0 Å². The Morgan fingerprint density at radius 2 is 1.85 bits per heavy atom. The summed E-state index contributed by atoms with van der Waals surface area (Å²) >= 11 is 0. The van der Waals surface area contributed by atoms with Gasteiger partial charge in [0.2, 0.25) is 0 Å². The maximum absolute atomic E-state index is 12.5. The van der Waals surface area contributed by atoms with Gasteiger partial charge in [-0.3, -0.25) is 4.79 Å². The molecule has 0 aliphatic heterocycles. The molecule has 1 atom stereocenters. The minimum atomic E-state index is -0.470. The zero-order valence-electron chi connectivity index (χ0n) is 16.9. The molecule has 2 aromatic rings. The van der Waals surface area contributed by atoms with Gasteiger partial charge >= 0.3 is 0 Å². The van der Waals surface area contributed by atoms with Crippen LogP contribution in [0.4, 0.5) is 0 Å². The Bertz CT molecular complexity index is 742. The van der Waals surface area contributed by atoms with Crippen LogP contribution in [-0.4, -0.2) is 25.2 Å². The molecule has 0 heterocycles. The molecule has 0 spiro atoms. The molecule has 0 saturated carbocycles. The summed E-state index contributed by atoms with van der Waals surface area (Å²) in [4.78, 5) is 12.5. The van der Waals surface area contributed by atoms with Crippen LogP contribution in [-0.2, 0) is 11.2 Å². The lowest BCUT2D eigenvalue weighted by Crippen LogP contribution is -2.38. The van der Waals surface area contributed by atoms with E-state index in [9.17, 15) is 4.79 Å². The molecule has 4 nitrogen and oxygen atoms in total. The molecular weight excluding hydrogens is 338 g/mol. The first kappa shape index (κ1) is 20.8. The second kappa shape index (κ2) is 10.6. The summed E-state index contributed by atoms with van der Waals surface area (Å²) in [6.07, 6.45) is 1.88. The number of benzene rings is 2. The highest BCUT2D eigenvalue weighted by atomic mass is 16.5. The van der Waals surface area contributed by atoms with Gasteiger partial charge in [-0.1, -0.05) is 42.8 Å². The number of amides is 1. The molecule has 2 aromatic carbocycles. The lowest BCUT2D eigenvalue weighted by atomic mass is 10.1. The van der Waals surface area contributed by atoms with Crippen molar-refractivity contribution >= 4 is 5.91 Å². The van der Waals surface area contributed by atoms with E-state index in [0.717, 1.165) is 29.9 Å². The van der Waals surface area contributed by atoms with Gasteiger partial charge in [0.15, 0.2) is 6.10 Å². The van der Waals surface area contributed by atoms with E-state index in [1.807, 2.05) is 58.0 Å². The average Bonchev–Trinajstić information content (AvgIpc) is 2.66. The quantitative estimate of drug-likeness (QED) is 0.622. The van der Waals surface area contributed by atoms with Crippen LogP contribution in [0.1, 0.15) is 43.4 Å². The first-order chi connectivity index (χ1) is 13.0. The number of hydrogen-bond acceptors (Lipinski definition) is 3. The van der Waals surface area contributed by atoms with Gasteiger partial charge in [0, 0.05) is 6.54 Å². The fraction of sp³-hybridized carbons (Fsp3) is 0.435. The van der Waals surface area contributed by atoms with E-state index >= 15 is 0 Å². The highest BCUT2D eigenvalue weighted by Gasteiger charge is 2.18. The second-order valence-electron chi connectivity index (χ2n) is 6.72. The summed E-state index contributed by atoms with van der Waals surface area (Å²) in [5.41, 5.74) is 3.41. The molecule has 0 aromatic heterocycles. The molecule has 0 radical (unpaired) electrons. The third-order valence-electron chi connectivity index (χ3n) is 4.46. The number of carbonyl (C=O) groups is 1. The minimum absolute atomic E-state index is 0.0597. The smallest absolute Gasteiger partial charge is 0.261 e. The zero-order valence-corrected chi connectivity index (χ0v) is 16.9. The lowest BCUT2D eigenvalue weighted by Gasteiger charge is -2.19. The number of rotatable bonds is 10. The SMILES string of the molecule is CCOc1ccccc1CCCNC(=O)C(CC)Oc1ccc(C)cc1C. The Morgan fingerprint density at radius 1 is 1.07 bits per heavy atom. The summed E-state index contributed by atoms with van der Waals surface area (Å²) in [5, 5.41) is 3.00. The Balaban J connectivity index is 1.83. The second-order valence-corrected chi connectivity index (χ2v) is 6.72. The van der Waals surface area contributed by atoms with E-state index in [1.54, 1.807) is 0 Å². The van der Waals surface area contributed by atoms with Gasteiger partial charge in [-0.2, -0.15) is 0 Å². The van der Waals surface area contributed by atoms with Crippen molar-refractivity contribution in [2.24, 2.45) is 0 Å². The molecule has 0 aliphatic rings. The monoisotopic (exact) mass is 369 g/mol. The molecule has 146 valence electrons. The fourth-order valence-electron chi connectivity index (χ4n) is 3.02. The number of para-hydroxylation sites is 1. The minimum Gasteiger partial charge on any atom is -0.494 e. The Labute approximate surface area is 162 Å². The average molecular weight is 370 g/mol. The summed E-state index contributed by atoms with van der Waals surface area (Å²) in [5.74, 6) is 1.64. The third kappa shape index (κ3) is 6.31. The molecule has 27 heavy (non-hydrogen) atoms. The molecule has 0 bridgehead atoms. The first-order valence-corrected chi connectivity index (χ1v) is 9.77. The van der Waals surface area contributed by atoms with Gasteiger partial charge in [0.25, 0.3) is 5.91 Å². The Hall–Kier alpha value is -2.49. The molecule has 0 fully saturated rings. The van der Waals surface area contributed by atoms with Crippen LogP contribution < -0.4 is 14.8 Å². The normalized spacial score (nSPS) is 11.7. The molecule has 2 rings (SSSR count). The van der Waals surface area contributed by atoms with Crippen LogP contribution >= 0.6 is 0 Å². The zero-order chi connectivity index (χ0) is 19.6. The van der Waals surface area contributed by atoms with Crippen LogP contribution in [0.25, 0.3) is 0 Å². The van der Waals surface area contributed by atoms with E-state index in [0.29, 0.717) is 19.6 Å².